The summed E-state index contributed by atoms with van der Waals surface area (Å²) in [6.07, 6.45) is 1.46. The third-order valence-electron chi connectivity index (χ3n) is 3.14. The van der Waals surface area contributed by atoms with Gasteiger partial charge in [-0.3, -0.25) is 9.69 Å². The highest BCUT2D eigenvalue weighted by molar-refractivity contribution is 6.42. The molecule has 0 amide bonds. The fraction of sp³-hybridized carbons (Fsp3) is 0.417. The van der Waals surface area contributed by atoms with Crippen LogP contribution in [0.1, 0.15) is 18.4 Å². The summed E-state index contributed by atoms with van der Waals surface area (Å²) >= 11 is 11.7. The molecule has 1 atom stereocenters. The van der Waals surface area contributed by atoms with Gasteiger partial charge in [-0.2, -0.15) is 0 Å². The Morgan fingerprint density at radius 3 is 2.83 bits per heavy atom. The van der Waals surface area contributed by atoms with E-state index in [1.54, 1.807) is 6.07 Å². The fourth-order valence-corrected chi connectivity index (χ4v) is 2.60. The van der Waals surface area contributed by atoms with E-state index in [1.165, 1.54) is 6.07 Å². The van der Waals surface area contributed by atoms with Crippen LogP contribution in [-0.4, -0.2) is 28.6 Å². The molecule has 0 unspecified atom stereocenters. The van der Waals surface area contributed by atoms with Crippen LogP contribution in [0.2, 0.25) is 10.0 Å². The summed E-state index contributed by atoms with van der Waals surface area (Å²) in [5.41, 5.74) is 0.649. The van der Waals surface area contributed by atoms with Crippen LogP contribution in [-0.2, 0) is 11.3 Å². The maximum absolute atomic E-state index is 13.2. The second-order valence-corrected chi connectivity index (χ2v) is 5.06. The van der Waals surface area contributed by atoms with Gasteiger partial charge in [0.25, 0.3) is 0 Å². The third-order valence-corrected chi connectivity index (χ3v) is 4.04. The standard InChI is InChI=1S/C12H12Cl2FNO2/c13-10-7(3-4-8(15)11(10)14)6-16-5-1-2-9(16)12(17)18/h3-4,9H,1-2,5-6H2,(H,17,18)/t9-/m1/s1. The zero-order chi connectivity index (χ0) is 13.3. The lowest BCUT2D eigenvalue weighted by molar-refractivity contribution is -0.142. The normalized spacial score (nSPS) is 20.3. The number of nitrogens with zero attached hydrogens (tertiary/aromatic N) is 1. The first kappa shape index (κ1) is 13.6. The van der Waals surface area contributed by atoms with E-state index in [9.17, 15) is 9.18 Å². The molecule has 1 saturated heterocycles. The highest BCUT2D eigenvalue weighted by Crippen LogP contribution is 2.31. The minimum absolute atomic E-state index is 0.111. The van der Waals surface area contributed by atoms with Crippen molar-refractivity contribution in [2.45, 2.75) is 25.4 Å². The molecule has 0 radical (unpaired) electrons. The number of carbonyl (C=O) groups is 1. The van der Waals surface area contributed by atoms with E-state index < -0.39 is 17.8 Å². The average Bonchev–Trinajstić information content (AvgIpc) is 2.78. The van der Waals surface area contributed by atoms with Gasteiger partial charge in [-0.25, -0.2) is 4.39 Å². The number of carboxylic acid groups (broad SMARTS) is 1. The predicted molar refractivity (Wildman–Crippen MR) is 67.5 cm³/mol. The first-order valence-electron chi connectivity index (χ1n) is 5.60. The number of hydrogen-bond acceptors (Lipinski definition) is 2. The van der Waals surface area contributed by atoms with Crippen molar-refractivity contribution in [3.63, 3.8) is 0 Å². The largest absolute Gasteiger partial charge is 0.480 e. The van der Waals surface area contributed by atoms with Crippen LogP contribution in [0.3, 0.4) is 0 Å². The van der Waals surface area contributed by atoms with Gasteiger partial charge in [0, 0.05) is 6.54 Å². The summed E-state index contributed by atoms with van der Waals surface area (Å²) < 4.78 is 13.2. The molecule has 2 rings (SSSR count). The number of aliphatic carboxylic acids is 1. The molecule has 1 fully saturated rings. The van der Waals surface area contributed by atoms with Crippen LogP contribution in [0.4, 0.5) is 4.39 Å². The van der Waals surface area contributed by atoms with E-state index in [2.05, 4.69) is 0 Å². The molecule has 0 aliphatic carbocycles. The molecule has 6 heteroatoms. The number of halogens is 3. The quantitative estimate of drug-likeness (QED) is 0.870. The Morgan fingerprint density at radius 1 is 1.44 bits per heavy atom. The molecular formula is C12H12Cl2FNO2. The fourth-order valence-electron chi connectivity index (χ4n) is 2.20. The van der Waals surface area contributed by atoms with E-state index in [0.29, 0.717) is 25.1 Å². The lowest BCUT2D eigenvalue weighted by Crippen LogP contribution is -2.35. The van der Waals surface area contributed by atoms with Crippen LogP contribution >= 0.6 is 23.2 Å². The molecule has 0 aromatic heterocycles. The van der Waals surface area contributed by atoms with Crippen LogP contribution in [0, 0.1) is 5.82 Å². The number of rotatable bonds is 3. The van der Waals surface area contributed by atoms with Crippen molar-refractivity contribution in [1.29, 1.82) is 0 Å². The lowest BCUT2D eigenvalue weighted by atomic mass is 10.2. The second-order valence-electron chi connectivity index (χ2n) is 4.30. The zero-order valence-electron chi connectivity index (χ0n) is 9.50. The smallest absolute Gasteiger partial charge is 0.320 e. The highest BCUT2D eigenvalue weighted by atomic mass is 35.5. The Labute approximate surface area is 114 Å². The predicted octanol–water partition coefficient (Wildman–Crippen LogP) is 3.18. The summed E-state index contributed by atoms with van der Waals surface area (Å²) in [5.74, 6) is -1.40. The topological polar surface area (TPSA) is 40.5 Å². The molecule has 1 aliphatic rings. The van der Waals surface area contributed by atoms with Crippen LogP contribution in [0.25, 0.3) is 0 Å². The Bertz CT molecular complexity index is 481. The van der Waals surface area contributed by atoms with Gasteiger partial charge in [-0.15, -0.1) is 0 Å². The van der Waals surface area contributed by atoms with Gasteiger partial charge in [0.15, 0.2) is 0 Å². The van der Waals surface area contributed by atoms with Gasteiger partial charge < -0.3 is 5.11 Å². The van der Waals surface area contributed by atoms with Crippen molar-refractivity contribution < 1.29 is 14.3 Å². The number of likely N-dealkylation sites (tertiary alicyclic amines) is 1. The second kappa shape index (κ2) is 5.43. The summed E-state index contributed by atoms with van der Waals surface area (Å²) in [6.45, 7) is 1.07. The molecule has 1 aromatic rings. The molecule has 1 aromatic carbocycles. The zero-order valence-corrected chi connectivity index (χ0v) is 11.0. The van der Waals surface area contributed by atoms with E-state index in [0.717, 1.165) is 6.42 Å². The molecule has 1 heterocycles. The number of benzene rings is 1. The molecule has 18 heavy (non-hydrogen) atoms. The maximum atomic E-state index is 13.2. The average molecular weight is 292 g/mol. The van der Waals surface area contributed by atoms with Gasteiger partial charge in [-0.05, 0) is 31.0 Å². The maximum Gasteiger partial charge on any atom is 0.320 e. The van der Waals surface area contributed by atoms with E-state index in [-0.39, 0.29) is 10.0 Å². The van der Waals surface area contributed by atoms with Gasteiger partial charge >= 0.3 is 5.97 Å². The van der Waals surface area contributed by atoms with Crippen molar-refractivity contribution >= 4 is 29.2 Å². The van der Waals surface area contributed by atoms with Gasteiger partial charge in [0.1, 0.15) is 11.9 Å². The highest BCUT2D eigenvalue weighted by Gasteiger charge is 2.30. The molecule has 0 bridgehead atoms. The van der Waals surface area contributed by atoms with Crippen molar-refractivity contribution in [3.8, 4) is 0 Å². The molecular weight excluding hydrogens is 280 g/mol. The van der Waals surface area contributed by atoms with Crippen molar-refractivity contribution in [2.24, 2.45) is 0 Å². The third kappa shape index (κ3) is 2.60. The number of carboxylic acids is 1. The molecule has 3 nitrogen and oxygen atoms in total. The lowest BCUT2D eigenvalue weighted by Gasteiger charge is -2.21. The molecule has 98 valence electrons. The Hall–Kier alpha value is -0.840. The minimum atomic E-state index is -0.836. The van der Waals surface area contributed by atoms with E-state index >= 15 is 0 Å². The summed E-state index contributed by atoms with van der Waals surface area (Å²) in [7, 11) is 0. The first-order chi connectivity index (χ1) is 8.50. The minimum Gasteiger partial charge on any atom is -0.480 e. The van der Waals surface area contributed by atoms with E-state index in [1.807, 2.05) is 4.90 Å². The van der Waals surface area contributed by atoms with Gasteiger partial charge in [0.05, 0.1) is 10.0 Å². The Morgan fingerprint density at radius 2 is 2.17 bits per heavy atom. The summed E-state index contributed by atoms with van der Waals surface area (Å²) in [6, 6.07) is 2.29. The van der Waals surface area contributed by atoms with Crippen LogP contribution in [0.5, 0.6) is 0 Å². The first-order valence-corrected chi connectivity index (χ1v) is 6.35. The molecule has 1 aliphatic heterocycles. The molecule has 1 N–H and O–H groups in total. The summed E-state index contributed by atoms with van der Waals surface area (Å²) in [4.78, 5) is 12.9. The van der Waals surface area contributed by atoms with Crippen LogP contribution in [0.15, 0.2) is 12.1 Å². The van der Waals surface area contributed by atoms with Crippen molar-refractivity contribution in [2.75, 3.05) is 6.54 Å². The van der Waals surface area contributed by atoms with Gasteiger partial charge in [0.2, 0.25) is 0 Å². The van der Waals surface area contributed by atoms with Crippen molar-refractivity contribution in [1.82, 2.24) is 4.90 Å². The summed E-state index contributed by atoms with van der Waals surface area (Å²) in [5, 5.41) is 9.12. The van der Waals surface area contributed by atoms with Crippen LogP contribution < -0.4 is 0 Å². The Kier molecular flexibility index (Phi) is 4.10. The monoisotopic (exact) mass is 291 g/mol. The number of hydrogen-bond donors (Lipinski definition) is 1. The van der Waals surface area contributed by atoms with E-state index in [4.69, 9.17) is 28.3 Å². The molecule has 0 spiro atoms. The SMILES string of the molecule is O=C(O)[C@H]1CCCN1Cc1ccc(F)c(Cl)c1Cl. The molecule has 0 saturated carbocycles. The van der Waals surface area contributed by atoms with Gasteiger partial charge in [-0.1, -0.05) is 29.3 Å². The van der Waals surface area contributed by atoms with Crippen molar-refractivity contribution in [3.05, 3.63) is 33.6 Å². The Balaban J connectivity index is 2.19.